The number of rotatable bonds is 8. The van der Waals surface area contributed by atoms with E-state index in [1.807, 2.05) is 0 Å². The molecule has 2 amide bonds. The minimum atomic E-state index is -0.516. The molecule has 8 heteroatoms. The Morgan fingerprint density at radius 2 is 1.97 bits per heavy atom. The second kappa shape index (κ2) is 10.6. The van der Waals surface area contributed by atoms with Gasteiger partial charge in [-0.05, 0) is 64.7 Å². The van der Waals surface area contributed by atoms with Gasteiger partial charge in [-0.3, -0.25) is 9.59 Å². The van der Waals surface area contributed by atoms with Crippen molar-refractivity contribution in [1.29, 1.82) is 0 Å². The average Bonchev–Trinajstić information content (AvgIpc) is 3.22. The maximum atomic E-state index is 13.5. The number of carbonyl (C=O) groups is 2. The first-order valence-corrected chi connectivity index (χ1v) is 10.6. The van der Waals surface area contributed by atoms with Gasteiger partial charge in [-0.15, -0.1) is 0 Å². The monoisotopic (exact) mass is 480 g/mol. The number of carbonyl (C=O) groups excluding carboxylic acids is 2. The molecule has 1 heterocycles. The van der Waals surface area contributed by atoms with Gasteiger partial charge in [0.2, 0.25) is 5.91 Å². The molecule has 0 saturated carbocycles. The van der Waals surface area contributed by atoms with Crippen molar-refractivity contribution < 1.29 is 23.1 Å². The molecule has 1 saturated heterocycles. The largest absolute Gasteiger partial charge is 0.376 e. The number of hydrogen-bond donors (Lipinski definition) is 1. The first kappa shape index (κ1) is 22.4. The normalized spacial score (nSPS) is 15.8. The second-order valence-electron chi connectivity index (χ2n) is 7.17. The molecule has 3 rings (SSSR count). The SMILES string of the molecule is O=C(NCCC(=O)N(Cc1cccc(F)c1)CC1CCCO1)c1cc(F)ccc1Br. The molecule has 0 aromatic heterocycles. The van der Waals surface area contributed by atoms with E-state index in [9.17, 15) is 18.4 Å². The third-order valence-corrected chi connectivity index (χ3v) is 5.55. The minimum absolute atomic E-state index is 0.0413. The van der Waals surface area contributed by atoms with Gasteiger partial charge in [0.05, 0.1) is 11.7 Å². The van der Waals surface area contributed by atoms with Crippen LogP contribution in [0.4, 0.5) is 8.78 Å². The Bertz CT molecular complexity index is 904. The third-order valence-electron chi connectivity index (χ3n) is 4.86. The predicted octanol–water partition coefficient (Wildman–Crippen LogP) is 4.06. The lowest BCUT2D eigenvalue weighted by Crippen LogP contribution is -2.38. The van der Waals surface area contributed by atoms with Gasteiger partial charge in [0.25, 0.3) is 5.91 Å². The summed E-state index contributed by atoms with van der Waals surface area (Å²) in [6, 6.07) is 9.97. The Morgan fingerprint density at radius 3 is 2.70 bits per heavy atom. The smallest absolute Gasteiger partial charge is 0.252 e. The molecule has 1 N–H and O–H groups in total. The molecule has 0 bridgehead atoms. The Labute approximate surface area is 182 Å². The van der Waals surface area contributed by atoms with Crippen molar-refractivity contribution >= 4 is 27.7 Å². The lowest BCUT2D eigenvalue weighted by atomic mass is 10.1. The number of halogens is 3. The Morgan fingerprint density at radius 1 is 1.17 bits per heavy atom. The van der Waals surface area contributed by atoms with Crippen LogP contribution < -0.4 is 5.32 Å². The van der Waals surface area contributed by atoms with Crippen LogP contribution in [0.5, 0.6) is 0 Å². The van der Waals surface area contributed by atoms with Crippen LogP contribution in [0.3, 0.4) is 0 Å². The molecule has 30 heavy (non-hydrogen) atoms. The number of hydrogen-bond acceptors (Lipinski definition) is 3. The van der Waals surface area contributed by atoms with Crippen molar-refractivity contribution in [3.8, 4) is 0 Å². The van der Waals surface area contributed by atoms with Crippen molar-refractivity contribution in [3.05, 3.63) is 69.7 Å². The fraction of sp³-hybridized carbons (Fsp3) is 0.364. The molecule has 1 fully saturated rings. The van der Waals surface area contributed by atoms with E-state index in [4.69, 9.17) is 4.74 Å². The lowest BCUT2D eigenvalue weighted by molar-refractivity contribution is -0.133. The molecule has 1 aliphatic rings. The van der Waals surface area contributed by atoms with Gasteiger partial charge in [0, 0.05) is 37.1 Å². The maximum absolute atomic E-state index is 13.5. The van der Waals surface area contributed by atoms with Gasteiger partial charge in [0.15, 0.2) is 0 Å². The number of nitrogens with one attached hydrogen (secondary N) is 1. The van der Waals surface area contributed by atoms with E-state index in [0.717, 1.165) is 18.9 Å². The molecule has 0 radical (unpaired) electrons. The number of ether oxygens (including phenoxy) is 1. The minimum Gasteiger partial charge on any atom is -0.376 e. The van der Waals surface area contributed by atoms with Crippen LogP contribution >= 0.6 is 15.9 Å². The molecule has 160 valence electrons. The Kier molecular flexibility index (Phi) is 7.93. The second-order valence-corrected chi connectivity index (χ2v) is 8.02. The van der Waals surface area contributed by atoms with Gasteiger partial charge in [-0.25, -0.2) is 8.78 Å². The maximum Gasteiger partial charge on any atom is 0.252 e. The zero-order valence-electron chi connectivity index (χ0n) is 16.4. The molecule has 1 aliphatic heterocycles. The highest BCUT2D eigenvalue weighted by atomic mass is 79.9. The molecule has 5 nitrogen and oxygen atoms in total. The molecule has 0 aliphatic carbocycles. The summed E-state index contributed by atoms with van der Waals surface area (Å²) in [6.45, 7) is 1.45. The van der Waals surface area contributed by atoms with E-state index in [0.29, 0.717) is 23.2 Å². The van der Waals surface area contributed by atoms with Crippen LogP contribution in [0.25, 0.3) is 0 Å². The van der Waals surface area contributed by atoms with Crippen LogP contribution in [-0.2, 0) is 16.1 Å². The Balaban J connectivity index is 1.59. The molecular weight excluding hydrogens is 458 g/mol. The predicted molar refractivity (Wildman–Crippen MR) is 112 cm³/mol. The van der Waals surface area contributed by atoms with Crippen molar-refractivity contribution in [2.75, 3.05) is 19.7 Å². The summed E-state index contributed by atoms with van der Waals surface area (Å²) in [5.41, 5.74) is 0.854. The standard InChI is InChI=1S/C22H23BrF2N2O3/c23-20-7-6-17(25)12-19(20)22(29)26-9-8-21(28)27(14-18-5-2-10-30-18)13-15-3-1-4-16(24)11-15/h1,3-4,6-7,11-12,18H,2,5,8-10,13-14H2,(H,26,29). The highest BCUT2D eigenvalue weighted by molar-refractivity contribution is 9.10. The van der Waals surface area contributed by atoms with Crippen LogP contribution in [-0.4, -0.2) is 42.5 Å². The molecule has 2 aromatic carbocycles. The average molecular weight is 481 g/mol. The zero-order valence-corrected chi connectivity index (χ0v) is 18.0. The van der Waals surface area contributed by atoms with E-state index in [1.54, 1.807) is 17.0 Å². The third kappa shape index (κ3) is 6.34. The van der Waals surface area contributed by atoms with Gasteiger partial charge < -0.3 is 15.0 Å². The van der Waals surface area contributed by atoms with Crippen LogP contribution in [0.15, 0.2) is 46.9 Å². The summed E-state index contributed by atoms with van der Waals surface area (Å²) in [7, 11) is 0. The van der Waals surface area contributed by atoms with Crippen molar-refractivity contribution in [2.45, 2.75) is 31.9 Å². The van der Waals surface area contributed by atoms with Gasteiger partial charge in [0.1, 0.15) is 11.6 Å². The molecule has 1 atom stereocenters. The zero-order chi connectivity index (χ0) is 21.5. The summed E-state index contributed by atoms with van der Waals surface area (Å²) in [6.07, 6.45) is 1.85. The van der Waals surface area contributed by atoms with Crippen LogP contribution in [0.2, 0.25) is 0 Å². The summed E-state index contributed by atoms with van der Waals surface area (Å²) in [4.78, 5) is 26.7. The van der Waals surface area contributed by atoms with Crippen LogP contribution in [0.1, 0.15) is 35.2 Å². The Hall–Kier alpha value is -2.32. The molecular formula is C22H23BrF2N2O3. The van der Waals surface area contributed by atoms with E-state index in [1.165, 1.54) is 24.3 Å². The summed E-state index contributed by atoms with van der Waals surface area (Å²) >= 11 is 3.22. The highest BCUT2D eigenvalue weighted by Gasteiger charge is 2.23. The van der Waals surface area contributed by atoms with Crippen molar-refractivity contribution in [3.63, 3.8) is 0 Å². The first-order valence-electron chi connectivity index (χ1n) is 9.79. The topological polar surface area (TPSA) is 58.6 Å². The van der Waals surface area contributed by atoms with Crippen molar-refractivity contribution in [2.24, 2.45) is 0 Å². The molecule has 0 spiro atoms. The van der Waals surface area contributed by atoms with Crippen molar-refractivity contribution in [1.82, 2.24) is 10.2 Å². The number of benzene rings is 2. The van der Waals surface area contributed by atoms with E-state index in [2.05, 4.69) is 21.2 Å². The summed E-state index contributed by atoms with van der Waals surface area (Å²) in [5.74, 6) is -1.51. The summed E-state index contributed by atoms with van der Waals surface area (Å²) < 4.78 is 33.0. The fourth-order valence-corrected chi connectivity index (χ4v) is 3.78. The molecule has 2 aromatic rings. The molecule has 1 unspecified atom stereocenters. The number of amides is 2. The van der Waals surface area contributed by atoms with Gasteiger partial charge in [-0.1, -0.05) is 12.1 Å². The lowest BCUT2D eigenvalue weighted by Gasteiger charge is -2.26. The van der Waals surface area contributed by atoms with E-state index >= 15 is 0 Å². The van der Waals surface area contributed by atoms with Gasteiger partial charge >= 0.3 is 0 Å². The van der Waals surface area contributed by atoms with Crippen LogP contribution in [0, 0.1) is 11.6 Å². The highest BCUT2D eigenvalue weighted by Crippen LogP contribution is 2.18. The van der Waals surface area contributed by atoms with E-state index < -0.39 is 11.7 Å². The first-order chi connectivity index (χ1) is 14.4. The number of nitrogens with zero attached hydrogens (tertiary/aromatic N) is 1. The quantitative estimate of drug-likeness (QED) is 0.619. The fourth-order valence-electron chi connectivity index (χ4n) is 3.35. The van der Waals surface area contributed by atoms with Gasteiger partial charge in [-0.2, -0.15) is 0 Å². The van der Waals surface area contributed by atoms with E-state index in [-0.39, 0.29) is 42.9 Å². The summed E-state index contributed by atoms with van der Waals surface area (Å²) in [5, 5.41) is 2.65.